The average molecular weight is 430 g/mol. The summed E-state index contributed by atoms with van der Waals surface area (Å²) in [6.07, 6.45) is 2.91. The van der Waals surface area contributed by atoms with Crippen LogP contribution in [0.4, 0.5) is 4.79 Å². The number of amides is 1. The summed E-state index contributed by atoms with van der Waals surface area (Å²) in [5, 5.41) is -0.401. The SMILES string of the molecule is C=CCOC(=O)O[C@H](C)[C@H]1C(=O)N2C(C(=O)OCC=C)=C(c3ccc(C)nc3)S[C@H]12. The Bertz CT molecular complexity index is 911. The van der Waals surface area contributed by atoms with Crippen LogP contribution in [0.1, 0.15) is 18.2 Å². The first-order valence-corrected chi connectivity index (χ1v) is 10.2. The number of carbonyl (C=O) groups excluding carboxylic acids is 3. The summed E-state index contributed by atoms with van der Waals surface area (Å²) in [5.41, 5.74) is 1.70. The van der Waals surface area contributed by atoms with Gasteiger partial charge in [-0.15, -0.1) is 0 Å². The molecule has 1 saturated heterocycles. The molecule has 3 heterocycles. The Morgan fingerprint density at radius 3 is 2.60 bits per heavy atom. The van der Waals surface area contributed by atoms with E-state index in [1.54, 1.807) is 13.1 Å². The topological polar surface area (TPSA) is 95.0 Å². The van der Waals surface area contributed by atoms with Gasteiger partial charge in [-0.2, -0.15) is 0 Å². The third-order valence-electron chi connectivity index (χ3n) is 4.58. The lowest BCUT2D eigenvalue weighted by atomic mass is 9.92. The molecule has 0 N–H and O–H groups in total. The highest BCUT2D eigenvalue weighted by molar-refractivity contribution is 8.09. The first-order chi connectivity index (χ1) is 14.4. The Hall–Kier alpha value is -3.07. The second-order valence-electron chi connectivity index (χ2n) is 6.67. The molecule has 3 atom stereocenters. The molecule has 0 radical (unpaired) electrons. The molecule has 0 spiro atoms. The average Bonchev–Trinajstić information content (AvgIpc) is 3.06. The van der Waals surface area contributed by atoms with Crippen LogP contribution in [0.5, 0.6) is 0 Å². The number of esters is 1. The number of ether oxygens (including phenoxy) is 3. The highest BCUT2D eigenvalue weighted by Gasteiger charge is 2.59. The van der Waals surface area contributed by atoms with Crippen molar-refractivity contribution in [3.63, 3.8) is 0 Å². The van der Waals surface area contributed by atoms with Crippen molar-refractivity contribution in [1.82, 2.24) is 9.88 Å². The van der Waals surface area contributed by atoms with E-state index in [2.05, 4.69) is 18.1 Å². The molecule has 0 saturated carbocycles. The summed E-state index contributed by atoms with van der Waals surface area (Å²) < 4.78 is 15.2. The summed E-state index contributed by atoms with van der Waals surface area (Å²) in [7, 11) is 0. The van der Waals surface area contributed by atoms with Crippen LogP contribution in [-0.2, 0) is 23.8 Å². The zero-order valence-corrected chi connectivity index (χ0v) is 17.5. The molecule has 2 aliphatic rings. The maximum Gasteiger partial charge on any atom is 0.508 e. The summed E-state index contributed by atoms with van der Waals surface area (Å²) in [6.45, 7) is 10.5. The highest BCUT2D eigenvalue weighted by Crippen LogP contribution is 2.54. The van der Waals surface area contributed by atoms with E-state index in [4.69, 9.17) is 14.2 Å². The monoisotopic (exact) mass is 430 g/mol. The van der Waals surface area contributed by atoms with Gasteiger partial charge in [0.15, 0.2) is 0 Å². The van der Waals surface area contributed by atoms with Crippen molar-refractivity contribution < 1.29 is 28.6 Å². The Morgan fingerprint density at radius 2 is 1.97 bits per heavy atom. The molecule has 2 aliphatic heterocycles. The fourth-order valence-corrected chi connectivity index (χ4v) is 4.75. The van der Waals surface area contributed by atoms with Gasteiger partial charge in [0.05, 0.1) is 0 Å². The van der Waals surface area contributed by atoms with E-state index in [1.807, 2.05) is 19.1 Å². The fourth-order valence-electron chi connectivity index (χ4n) is 3.16. The van der Waals surface area contributed by atoms with Gasteiger partial charge in [0.25, 0.3) is 0 Å². The lowest BCUT2D eigenvalue weighted by Gasteiger charge is -2.44. The van der Waals surface area contributed by atoms with Crippen LogP contribution in [0.3, 0.4) is 0 Å². The van der Waals surface area contributed by atoms with Gasteiger partial charge in [0, 0.05) is 22.4 Å². The number of rotatable bonds is 8. The molecule has 0 unspecified atom stereocenters. The van der Waals surface area contributed by atoms with Gasteiger partial charge in [-0.05, 0) is 19.9 Å². The van der Waals surface area contributed by atoms with Gasteiger partial charge in [-0.3, -0.25) is 14.7 Å². The van der Waals surface area contributed by atoms with Crippen LogP contribution in [0, 0.1) is 12.8 Å². The van der Waals surface area contributed by atoms with Crippen LogP contribution in [0.25, 0.3) is 4.91 Å². The summed E-state index contributed by atoms with van der Waals surface area (Å²) >= 11 is 1.34. The van der Waals surface area contributed by atoms with Crippen molar-refractivity contribution in [1.29, 1.82) is 0 Å². The van der Waals surface area contributed by atoms with Gasteiger partial charge in [0.2, 0.25) is 5.91 Å². The van der Waals surface area contributed by atoms with Crippen molar-refractivity contribution in [2.45, 2.75) is 25.3 Å². The number of carbonyl (C=O) groups is 3. The van der Waals surface area contributed by atoms with E-state index in [-0.39, 0.29) is 24.8 Å². The van der Waals surface area contributed by atoms with Gasteiger partial charge >= 0.3 is 12.1 Å². The molecule has 1 aromatic heterocycles. The molecule has 30 heavy (non-hydrogen) atoms. The minimum Gasteiger partial charge on any atom is -0.457 e. The summed E-state index contributed by atoms with van der Waals surface area (Å²) in [6, 6.07) is 3.66. The number of nitrogens with zero attached hydrogens (tertiary/aromatic N) is 2. The normalized spacial score (nSPS) is 20.7. The largest absolute Gasteiger partial charge is 0.508 e. The number of aryl methyl sites for hydroxylation is 1. The number of hydrogen-bond acceptors (Lipinski definition) is 8. The molecule has 1 fully saturated rings. The predicted molar refractivity (Wildman–Crippen MR) is 111 cm³/mol. The van der Waals surface area contributed by atoms with E-state index in [9.17, 15) is 14.4 Å². The number of aromatic nitrogens is 1. The third kappa shape index (κ3) is 4.11. The van der Waals surface area contributed by atoms with E-state index in [0.717, 1.165) is 5.69 Å². The van der Waals surface area contributed by atoms with Gasteiger partial charge in [-0.25, -0.2) is 9.59 Å². The molecule has 8 nitrogen and oxygen atoms in total. The maximum atomic E-state index is 12.9. The number of hydrogen-bond donors (Lipinski definition) is 0. The van der Waals surface area contributed by atoms with Crippen molar-refractivity contribution in [3.8, 4) is 0 Å². The quantitative estimate of drug-likeness (QED) is 0.353. The first kappa shape index (κ1) is 21.6. The Labute approximate surface area is 178 Å². The molecule has 1 aromatic rings. The molecular formula is C21H22N2O6S. The minimum absolute atomic E-state index is 0.0138. The molecule has 3 rings (SSSR count). The zero-order valence-electron chi connectivity index (χ0n) is 16.7. The second kappa shape index (κ2) is 9.17. The molecule has 0 aliphatic carbocycles. The van der Waals surface area contributed by atoms with Crippen LogP contribution in [0.2, 0.25) is 0 Å². The molecular weight excluding hydrogens is 408 g/mol. The van der Waals surface area contributed by atoms with E-state index < -0.39 is 29.5 Å². The highest BCUT2D eigenvalue weighted by atomic mass is 32.2. The van der Waals surface area contributed by atoms with Gasteiger partial charge < -0.3 is 14.2 Å². The number of fused-ring (bicyclic) bond motifs is 1. The molecule has 1 amide bonds. The van der Waals surface area contributed by atoms with Crippen LogP contribution >= 0.6 is 11.8 Å². The minimum atomic E-state index is -0.877. The number of β-lactam (4-membered cyclic amide) rings is 1. The standard InChI is InChI=1S/C21H22N2O6S/c1-5-9-27-20(25)16-17(14-8-7-12(3)22-11-14)30-19-15(18(24)23(16)19)13(4)29-21(26)28-10-6-2/h5-8,11,13,15,19H,1-2,9-10H2,3-4H3/t13-,15+,19-/m1/s1. The predicted octanol–water partition coefficient (Wildman–Crippen LogP) is 3.05. The van der Waals surface area contributed by atoms with Crippen LogP contribution < -0.4 is 0 Å². The van der Waals surface area contributed by atoms with Crippen molar-refractivity contribution in [2.24, 2.45) is 5.92 Å². The van der Waals surface area contributed by atoms with E-state index in [0.29, 0.717) is 10.5 Å². The van der Waals surface area contributed by atoms with Crippen molar-refractivity contribution in [3.05, 3.63) is 60.6 Å². The van der Waals surface area contributed by atoms with E-state index in [1.165, 1.54) is 28.8 Å². The van der Waals surface area contributed by atoms with Crippen molar-refractivity contribution in [2.75, 3.05) is 13.2 Å². The fraction of sp³-hybridized carbons (Fsp3) is 0.333. The summed E-state index contributed by atoms with van der Waals surface area (Å²) in [4.78, 5) is 43.6. The van der Waals surface area contributed by atoms with E-state index >= 15 is 0 Å². The maximum absolute atomic E-state index is 12.9. The Balaban J connectivity index is 1.84. The third-order valence-corrected chi connectivity index (χ3v) is 6.00. The molecule has 0 bridgehead atoms. The lowest BCUT2D eigenvalue weighted by Crippen LogP contribution is -2.61. The Kier molecular flexibility index (Phi) is 6.61. The van der Waals surface area contributed by atoms with Crippen LogP contribution in [0.15, 0.2) is 49.3 Å². The molecule has 9 heteroatoms. The van der Waals surface area contributed by atoms with Gasteiger partial charge in [-0.1, -0.05) is 43.1 Å². The zero-order chi connectivity index (χ0) is 21.8. The molecule has 0 aromatic carbocycles. The van der Waals surface area contributed by atoms with Crippen LogP contribution in [-0.4, -0.2) is 52.6 Å². The lowest BCUT2D eigenvalue weighted by molar-refractivity contribution is -0.158. The summed E-state index contributed by atoms with van der Waals surface area (Å²) in [5.74, 6) is -1.56. The number of pyridine rings is 1. The second-order valence-corrected chi connectivity index (χ2v) is 7.80. The smallest absolute Gasteiger partial charge is 0.457 e. The van der Waals surface area contributed by atoms with Crippen molar-refractivity contribution >= 4 is 34.7 Å². The van der Waals surface area contributed by atoms with Gasteiger partial charge in [0.1, 0.15) is 36.3 Å². The molecule has 158 valence electrons. The number of thioether (sulfide) groups is 1. The Morgan fingerprint density at radius 1 is 1.27 bits per heavy atom. The first-order valence-electron chi connectivity index (χ1n) is 9.28.